The first-order chi connectivity index (χ1) is 59.0. The number of hydrogen-bond acceptors (Lipinski definition) is 2. The Morgan fingerprint density at radius 2 is 0.567 bits per heavy atom. The van der Waals surface area contributed by atoms with Gasteiger partial charge in [-0.3, -0.25) is 0 Å². The van der Waals surface area contributed by atoms with Gasteiger partial charge in [-0.05, 0) is 260 Å². The maximum absolute atomic E-state index is 2.58. The van der Waals surface area contributed by atoms with E-state index in [4.69, 9.17) is 0 Å². The molecule has 1 unspecified atom stereocenters. The van der Waals surface area contributed by atoms with Crippen molar-refractivity contribution in [3.05, 3.63) is 467 Å². The van der Waals surface area contributed by atoms with Crippen LogP contribution >= 0.6 is 0 Å². The quantitative estimate of drug-likeness (QED) is 0.143. The molecule has 18 aromatic carbocycles. The van der Waals surface area contributed by atoms with E-state index in [9.17, 15) is 0 Å². The molecule has 2 spiro atoms. The topological polar surface area (TPSA) is 16.3 Å². The van der Waals surface area contributed by atoms with Gasteiger partial charge >= 0.3 is 0 Å². The van der Waals surface area contributed by atoms with E-state index in [2.05, 4.69) is 447 Å². The van der Waals surface area contributed by atoms with Crippen LogP contribution in [0.3, 0.4) is 0 Å². The number of benzene rings is 18. The van der Waals surface area contributed by atoms with Crippen molar-refractivity contribution in [3.63, 3.8) is 0 Å². The van der Waals surface area contributed by atoms with E-state index in [0.29, 0.717) is 0 Å². The number of para-hydroxylation sites is 5. The van der Waals surface area contributed by atoms with Crippen molar-refractivity contribution >= 4 is 77.7 Å². The van der Waals surface area contributed by atoms with E-state index in [1.54, 1.807) is 0 Å². The zero-order chi connectivity index (χ0) is 79.2. The van der Waals surface area contributed by atoms with Crippen LogP contribution < -0.4 is 9.80 Å². The Labute approximate surface area is 697 Å². The highest BCUT2D eigenvalue weighted by atomic mass is 15.2. The second-order valence-corrected chi connectivity index (χ2v) is 34.9. The molecule has 4 nitrogen and oxygen atoms in total. The molecule has 562 valence electrons. The van der Waals surface area contributed by atoms with Gasteiger partial charge in [-0.25, -0.2) is 0 Å². The molecule has 1 atom stereocenters. The molecule has 0 N–H and O–H groups in total. The molecule has 0 bridgehead atoms. The van der Waals surface area contributed by atoms with Crippen LogP contribution in [0.2, 0.25) is 0 Å². The molecule has 4 heterocycles. The van der Waals surface area contributed by atoms with Crippen LogP contribution in [0.25, 0.3) is 133 Å². The number of anilines is 6. The third kappa shape index (κ3) is 8.83. The van der Waals surface area contributed by atoms with E-state index in [0.717, 1.165) is 45.3 Å². The van der Waals surface area contributed by atoms with Crippen molar-refractivity contribution in [1.82, 2.24) is 9.13 Å². The molecule has 120 heavy (non-hydrogen) atoms. The Bertz CT molecular complexity index is 7810. The Morgan fingerprint density at radius 1 is 0.183 bits per heavy atom. The smallest absolute Gasteiger partial charge is 0.0755 e. The summed E-state index contributed by atoms with van der Waals surface area (Å²) in [6, 6.07) is 153. The second kappa shape index (κ2) is 24.4. The average Bonchev–Trinajstić information content (AvgIpc) is 1.50. The first kappa shape index (κ1) is 67.3. The normalized spacial score (nSPS) is 15.4. The van der Waals surface area contributed by atoms with Crippen LogP contribution in [0.5, 0.6) is 0 Å². The van der Waals surface area contributed by atoms with Crippen molar-refractivity contribution in [2.24, 2.45) is 0 Å². The Kier molecular flexibility index (Phi) is 13.7. The third-order valence-corrected chi connectivity index (χ3v) is 28.5. The second-order valence-electron chi connectivity index (χ2n) is 34.9. The van der Waals surface area contributed by atoms with Gasteiger partial charge in [0.15, 0.2) is 0 Å². The summed E-state index contributed by atoms with van der Waals surface area (Å²) in [4.78, 5) is 4.98. The maximum Gasteiger partial charge on any atom is 0.0755 e. The Morgan fingerprint density at radius 3 is 1.23 bits per heavy atom. The van der Waals surface area contributed by atoms with Gasteiger partial charge in [0.2, 0.25) is 0 Å². The Hall–Kier alpha value is -14.8. The Balaban J connectivity index is 0.626. The highest BCUT2D eigenvalue weighted by molar-refractivity contribution is 6.16. The van der Waals surface area contributed by atoms with Gasteiger partial charge in [0.1, 0.15) is 0 Å². The monoisotopic (exact) mass is 1530 g/mol. The number of fused-ring (bicyclic) bond motifs is 30. The summed E-state index contributed by atoms with van der Waals surface area (Å²) in [6.45, 7) is 9.46. The zero-order valence-corrected chi connectivity index (χ0v) is 66.9. The fourth-order valence-corrected chi connectivity index (χ4v) is 23.3. The molecule has 6 aliphatic rings. The summed E-state index contributed by atoms with van der Waals surface area (Å²) < 4.78 is 5.15. The van der Waals surface area contributed by atoms with E-state index < -0.39 is 10.8 Å². The fraction of sp³-hybridized carbons (Fsp3) is 0.0690. The summed E-state index contributed by atoms with van der Waals surface area (Å²) >= 11 is 0. The maximum atomic E-state index is 2.58. The zero-order valence-electron chi connectivity index (χ0n) is 66.9. The predicted molar refractivity (Wildman–Crippen MR) is 498 cm³/mol. The van der Waals surface area contributed by atoms with Crippen molar-refractivity contribution in [1.29, 1.82) is 0 Å². The average molecular weight is 1530 g/mol. The van der Waals surface area contributed by atoms with Crippen LogP contribution in [0.4, 0.5) is 34.1 Å². The largest absolute Gasteiger partial charge is 0.310 e. The van der Waals surface area contributed by atoms with Gasteiger partial charge < -0.3 is 18.9 Å². The molecular weight excluding hydrogens is 1450 g/mol. The van der Waals surface area contributed by atoms with Crippen molar-refractivity contribution in [3.8, 4) is 89.3 Å². The van der Waals surface area contributed by atoms with Crippen LogP contribution in [-0.4, -0.2) is 9.13 Å². The first-order valence-corrected chi connectivity index (χ1v) is 42.3. The fourth-order valence-electron chi connectivity index (χ4n) is 23.3. The highest BCUT2D eigenvalue weighted by Gasteiger charge is 2.53. The summed E-state index contributed by atoms with van der Waals surface area (Å²) in [7, 11) is 0. The van der Waals surface area contributed by atoms with Crippen LogP contribution in [-0.2, 0) is 21.7 Å². The van der Waals surface area contributed by atoms with Crippen molar-refractivity contribution in [2.45, 2.75) is 49.4 Å². The molecule has 0 radical (unpaired) electrons. The van der Waals surface area contributed by atoms with Gasteiger partial charge in [0, 0.05) is 66.5 Å². The van der Waals surface area contributed by atoms with Gasteiger partial charge in [0.05, 0.1) is 44.3 Å². The number of aromatic nitrogens is 2. The van der Waals surface area contributed by atoms with Crippen LogP contribution in [0.15, 0.2) is 400 Å². The first-order valence-electron chi connectivity index (χ1n) is 42.3. The summed E-state index contributed by atoms with van der Waals surface area (Å²) in [5.74, 6) is 0. The van der Waals surface area contributed by atoms with Gasteiger partial charge in [-0.15, -0.1) is 0 Å². The third-order valence-electron chi connectivity index (χ3n) is 28.5. The van der Waals surface area contributed by atoms with Gasteiger partial charge in [-0.1, -0.05) is 313 Å². The lowest BCUT2D eigenvalue weighted by atomic mass is 9.65. The molecule has 0 fully saturated rings. The minimum Gasteiger partial charge on any atom is -0.310 e. The van der Waals surface area contributed by atoms with E-state index in [1.807, 2.05) is 0 Å². The van der Waals surface area contributed by atoms with Crippen LogP contribution in [0, 0.1) is 0 Å². The molecule has 2 aromatic heterocycles. The van der Waals surface area contributed by atoms with Crippen molar-refractivity contribution in [2.75, 3.05) is 9.80 Å². The molecule has 4 aliphatic carbocycles. The lowest BCUT2D eigenvalue weighted by Crippen LogP contribution is -2.33. The number of rotatable bonds is 9. The SMILES string of the molecule is CC1(C)c2ccccc2-c2cc(-c3ccc(N(c4ccccc4)c4ccc5c(c4)-c4ccccc4C54c5ccccc5-n5c6ccc(-c7cccc(N(c8ccc(-c9ccc%10c(c9)C(C)(C)c9ccccc9-%10)cc8)c8cc9c%10c(c8)c8ccccc8n%10-c8ccccc8C98c9ccccc9-c9ccccc98)c7)cc6c6cccc4c65)cc3)ccc21. The van der Waals surface area contributed by atoms with Crippen LogP contribution in [0.1, 0.15) is 94.5 Å². The van der Waals surface area contributed by atoms with Gasteiger partial charge in [-0.2, -0.15) is 0 Å². The van der Waals surface area contributed by atoms with Gasteiger partial charge in [0.25, 0.3) is 0 Å². The number of hydrogen-bond donors (Lipinski definition) is 0. The molecule has 4 heteroatoms. The molecular formula is C116H78N4. The van der Waals surface area contributed by atoms with E-state index in [-0.39, 0.29) is 10.8 Å². The molecule has 0 amide bonds. The lowest BCUT2D eigenvalue weighted by Gasteiger charge is -2.40. The molecule has 0 saturated carbocycles. The molecule has 20 aromatic rings. The number of nitrogens with zero attached hydrogens (tertiary/aromatic N) is 4. The molecule has 2 aliphatic heterocycles. The minimum absolute atomic E-state index is 0.0468. The molecule has 0 saturated heterocycles. The minimum atomic E-state index is -0.638. The molecule has 26 rings (SSSR count). The summed E-state index contributed by atoms with van der Waals surface area (Å²) in [6.07, 6.45) is 0. The van der Waals surface area contributed by atoms with Crippen molar-refractivity contribution < 1.29 is 0 Å². The summed E-state index contributed by atoms with van der Waals surface area (Å²) in [5.41, 5.74) is 45.7. The van der Waals surface area contributed by atoms with E-state index in [1.165, 1.54) is 189 Å². The lowest BCUT2D eigenvalue weighted by molar-refractivity contribution is 0.660. The summed E-state index contributed by atoms with van der Waals surface area (Å²) in [5, 5.41) is 4.89. The highest BCUT2D eigenvalue weighted by Crippen LogP contribution is 2.65. The standard InChI is InChI=1S/C116H78N4/c1-113(2)96-38-15-9-33-86(96)91-65-74(53-61-97(91)113)71-48-55-78(56-49-71)117(77-27-6-5-7-28-77)81-59-62-101-92(68-81)87-34-12-18-41-100(87)115(101)102-42-19-22-46-109(102)120-108-63-54-75(66-93(108)90-36-25-44-104(115)111(90)120)73-26-24-29-80(64-73)118(79-57-50-72(51-58-79)76-52-60-88-83-30-8-14-37-95(83)114(3,4)105(88)67-76)82-69-94-89-35-13-21-45-107(89)119-110-47-23-20-43-103(110)116(106(70-82)112(94)119)98-39-16-10-31-84(98)85-32-11-17-40-99(85)116/h5-70H,1-4H3. The predicted octanol–water partition coefficient (Wildman–Crippen LogP) is 29.8. The van der Waals surface area contributed by atoms with E-state index >= 15 is 0 Å².